The lowest BCUT2D eigenvalue weighted by Crippen LogP contribution is -2.30. The number of hydrogen-bond acceptors (Lipinski definition) is 4. The number of hydrogen-bond donors (Lipinski definition) is 1. The second-order valence-corrected chi connectivity index (χ2v) is 5.57. The van der Waals surface area contributed by atoms with Crippen LogP contribution in [0.1, 0.15) is 31.9 Å². The summed E-state index contributed by atoms with van der Waals surface area (Å²) < 4.78 is 33.0. The van der Waals surface area contributed by atoms with Gasteiger partial charge in [0.15, 0.2) is 0 Å². The lowest BCUT2D eigenvalue weighted by Gasteiger charge is -2.32. The average Bonchev–Trinajstić information content (AvgIpc) is 2.73. The van der Waals surface area contributed by atoms with Crippen molar-refractivity contribution in [2.45, 2.75) is 26.3 Å². The lowest BCUT2D eigenvalue weighted by atomic mass is 10.0. The minimum Gasteiger partial charge on any atom is -0.379 e. The van der Waals surface area contributed by atoms with Crippen molar-refractivity contribution in [1.29, 1.82) is 0 Å². The van der Waals surface area contributed by atoms with Crippen molar-refractivity contribution < 1.29 is 13.5 Å². The van der Waals surface area contributed by atoms with Crippen LogP contribution in [0, 0.1) is 11.6 Å². The maximum atomic E-state index is 14.2. The predicted molar refractivity (Wildman–Crippen MR) is 87.2 cm³/mol. The molecule has 126 valence electrons. The van der Waals surface area contributed by atoms with E-state index in [0.29, 0.717) is 18.8 Å². The van der Waals surface area contributed by atoms with Crippen LogP contribution in [-0.4, -0.2) is 37.0 Å². The topological polar surface area (TPSA) is 50.8 Å². The van der Waals surface area contributed by atoms with E-state index < -0.39 is 11.6 Å². The highest BCUT2D eigenvalue weighted by Gasteiger charge is 2.26. The van der Waals surface area contributed by atoms with Crippen LogP contribution in [0.3, 0.4) is 0 Å². The van der Waals surface area contributed by atoms with E-state index in [1.807, 2.05) is 19.9 Å². The molecule has 0 saturated carbocycles. The van der Waals surface area contributed by atoms with Gasteiger partial charge in [0.1, 0.15) is 11.6 Å². The Balaban J connectivity index is 2.35. The Labute approximate surface area is 135 Å². The monoisotopic (exact) mass is 323 g/mol. The highest BCUT2D eigenvalue weighted by atomic mass is 19.1. The number of nitrogens with two attached hydrogens (primary N) is 1. The Morgan fingerprint density at radius 1 is 1.43 bits per heavy atom. The molecule has 2 N–H and O–H groups in total. The van der Waals surface area contributed by atoms with Crippen LogP contribution in [0.25, 0.3) is 0 Å². The number of allylic oxidation sites excluding steroid dienone is 2. The normalized spacial score (nSPS) is 20.6. The summed E-state index contributed by atoms with van der Waals surface area (Å²) in [6, 6.07) is 3.39. The molecule has 0 unspecified atom stereocenters. The smallest absolute Gasteiger partial charge is 0.131 e. The van der Waals surface area contributed by atoms with E-state index in [2.05, 4.69) is 9.89 Å². The molecule has 1 saturated heterocycles. The maximum absolute atomic E-state index is 14.2. The van der Waals surface area contributed by atoms with Gasteiger partial charge in [0.05, 0.1) is 19.3 Å². The van der Waals surface area contributed by atoms with Crippen molar-refractivity contribution in [2.24, 2.45) is 10.7 Å². The first-order chi connectivity index (χ1) is 11.0. The molecule has 1 atom stereocenters. The first-order valence-electron chi connectivity index (χ1n) is 7.71. The van der Waals surface area contributed by atoms with E-state index in [9.17, 15) is 8.78 Å². The molecule has 0 radical (unpaired) electrons. The molecule has 1 aromatic rings. The molecule has 0 aliphatic carbocycles. The van der Waals surface area contributed by atoms with Crippen molar-refractivity contribution in [1.82, 2.24) is 4.90 Å². The van der Waals surface area contributed by atoms with Gasteiger partial charge in [0.25, 0.3) is 0 Å². The predicted octanol–water partition coefficient (Wildman–Crippen LogP) is 3.01. The summed E-state index contributed by atoms with van der Waals surface area (Å²) in [6.07, 6.45) is 2.77. The molecule has 0 spiro atoms. The first kappa shape index (κ1) is 17.6. The molecule has 0 aromatic heterocycles. The number of halogens is 2. The van der Waals surface area contributed by atoms with Crippen LogP contribution in [0.4, 0.5) is 8.78 Å². The van der Waals surface area contributed by atoms with Gasteiger partial charge in [-0.25, -0.2) is 8.78 Å². The number of aliphatic imine (C=N–C) groups is 1. The summed E-state index contributed by atoms with van der Waals surface area (Å²) in [5.74, 6) is -1.13. The fourth-order valence-electron chi connectivity index (χ4n) is 2.80. The van der Waals surface area contributed by atoms with E-state index in [1.165, 1.54) is 12.1 Å². The van der Waals surface area contributed by atoms with Crippen LogP contribution >= 0.6 is 0 Å². The number of nitrogens with zero attached hydrogens (tertiary/aromatic N) is 2. The van der Waals surface area contributed by atoms with Crippen LogP contribution in [0.2, 0.25) is 0 Å². The van der Waals surface area contributed by atoms with Crippen molar-refractivity contribution in [3.63, 3.8) is 0 Å². The van der Waals surface area contributed by atoms with Crippen molar-refractivity contribution >= 4 is 5.71 Å². The van der Waals surface area contributed by atoms with E-state index in [1.54, 1.807) is 0 Å². The largest absolute Gasteiger partial charge is 0.379 e. The number of ether oxygens (including phenoxy) is 1. The summed E-state index contributed by atoms with van der Waals surface area (Å²) in [6.45, 7) is 5.78. The standard InChI is InChI=1S/C17H23F2N3O/c1-12(21-11-20)8-13(2)22-6-3-7-23-10-17(22)15-5-4-14(18)9-16(15)19/h4-5,8-9,17H,3,6-7,10-11,20H2,1-2H3/b13-8+,21-12?/t17-/m1/s1. The molecule has 1 aromatic carbocycles. The van der Waals surface area contributed by atoms with Gasteiger partial charge < -0.3 is 15.4 Å². The Bertz CT molecular complexity index is 602. The van der Waals surface area contributed by atoms with E-state index >= 15 is 0 Å². The van der Waals surface area contributed by atoms with Crippen molar-refractivity contribution in [3.05, 3.63) is 47.2 Å². The van der Waals surface area contributed by atoms with Crippen LogP contribution in [0.5, 0.6) is 0 Å². The highest BCUT2D eigenvalue weighted by molar-refractivity contribution is 5.93. The van der Waals surface area contributed by atoms with Crippen LogP contribution in [0.15, 0.2) is 35.0 Å². The summed E-state index contributed by atoms with van der Waals surface area (Å²) in [5, 5.41) is 0. The summed E-state index contributed by atoms with van der Waals surface area (Å²) in [4.78, 5) is 6.23. The average molecular weight is 323 g/mol. The van der Waals surface area contributed by atoms with Crippen molar-refractivity contribution in [2.75, 3.05) is 26.4 Å². The maximum Gasteiger partial charge on any atom is 0.131 e. The summed E-state index contributed by atoms with van der Waals surface area (Å²) in [7, 11) is 0. The number of benzene rings is 1. The Kier molecular flexibility index (Phi) is 6.24. The third kappa shape index (κ3) is 4.59. The molecule has 1 fully saturated rings. The molecule has 0 bridgehead atoms. The molecule has 6 heteroatoms. The minimum absolute atomic E-state index is 0.231. The zero-order chi connectivity index (χ0) is 16.8. The summed E-state index contributed by atoms with van der Waals surface area (Å²) >= 11 is 0. The lowest BCUT2D eigenvalue weighted by molar-refractivity contribution is 0.110. The fourth-order valence-corrected chi connectivity index (χ4v) is 2.80. The van der Waals surface area contributed by atoms with Gasteiger partial charge in [-0.3, -0.25) is 4.99 Å². The Morgan fingerprint density at radius 3 is 2.91 bits per heavy atom. The van der Waals surface area contributed by atoms with Gasteiger partial charge in [0, 0.05) is 36.2 Å². The van der Waals surface area contributed by atoms with Crippen molar-refractivity contribution in [3.8, 4) is 0 Å². The van der Waals surface area contributed by atoms with Gasteiger partial charge in [-0.2, -0.15) is 0 Å². The van der Waals surface area contributed by atoms with Gasteiger partial charge in [-0.1, -0.05) is 6.07 Å². The third-order valence-electron chi connectivity index (χ3n) is 3.87. The van der Waals surface area contributed by atoms with Gasteiger partial charge in [0.2, 0.25) is 0 Å². The van der Waals surface area contributed by atoms with E-state index in [-0.39, 0.29) is 12.7 Å². The molecule has 1 aliphatic rings. The molecule has 1 aliphatic heterocycles. The van der Waals surface area contributed by atoms with Crippen LogP contribution in [-0.2, 0) is 4.74 Å². The van der Waals surface area contributed by atoms with Gasteiger partial charge in [-0.05, 0) is 32.4 Å². The molecular formula is C17H23F2N3O. The third-order valence-corrected chi connectivity index (χ3v) is 3.87. The molecule has 4 nitrogen and oxygen atoms in total. The van der Waals surface area contributed by atoms with Gasteiger partial charge >= 0.3 is 0 Å². The van der Waals surface area contributed by atoms with Crippen LogP contribution < -0.4 is 5.73 Å². The Hall–Kier alpha value is -1.79. The SMILES string of the molecule is CC(/C=C(\C)N1CCCOC[C@@H]1c1ccc(F)cc1F)=NCN. The zero-order valence-electron chi connectivity index (χ0n) is 13.6. The molecular weight excluding hydrogens is 300 g/mol. The molecule has 1 heterocycles. The highest BCUT2D eigenvalue weighted by Crippen LogP contribution is 2.29. The first-order valence-corrected chi connectivity index (χ1v) is 7.71. The quantitative estimate of drug-likeness (QED) is 0.867. The minimum atomic E-state index is -0.578. The molecule has 0 amide bonds. The fraction of sp³-hybridized carbons (Fsp3) is 0.471. The Morgan fingerprint density at radius 2 is 2.22 bits per heavy atom. The zero-order valence-corrected chi connectivity index (χ0v) is 13.6. The van der Waals surface area contributed by atoms with Gasteiger partial charge in [-0.15, -0.1) is 0 Å². The molecule has 23 heavy (non-hydrogen) atoms. The van der Waals surface area contributed by atoms with E-state index in [4.69, 9.17) is 10.5 Å². The summed E-state index contributed by atoms with van der Waals surface area (Å²) in [5.41, 5.74) is 7.64. The number of rotatable bonds is 4. The second kappa shape index (κ2) is 8.17. The second-order valence-electron chi connectivity index (χ2n) is 5.57. The molecule has 2 rings (SSSR count). The van der Waals surface area contributed by atoms with E-state index in [0.717, 1.165) is 30.4 Å².